The van der Waals surface area contributed by atoms with Crippen LogP contribution < -0.4 is 14.5 Å². The van der Waals surface area contributed by atoms with E-state index in [0.29, 0.717) is 55.4 Å². The number of halogens is 1. The van der Waals surface area contributed by atoms with Crippen LogP contribution in [0.5, 0.6) is 5.75 Å². The summed E-state index contributed by atoms with van der Waals surface area (Å²) in [7, 11) is 0. The van der Waals surface area contributed by atoms with Gasteiger partial charge in [-0.15, -0.1) is 24.9 Å². The maximum absolute atomic E-state index is 14.8. The van der Waals surface area contributed by atoms with Gasteiger partial charge in [0.15, 0.2) is 0 Å². The molecule has 5 atom stereocenters. The molecule has 10 heteroatoms. The number of aliphatic hydroxyl groups is 1. The molecule has 0 radical (unpaired) electrons. The normalized spacial score (nSPS) is 25.8. The number of nitrogens with zero attached hydrogens (tertiary/aromatic N) is 3. The monoisotopic (exact) mass is 679 g/mol. The fraction of sp³-hybridized carbons (Fsp3) is 0.486. The summed E-state index contributed by atoms with van der Waals surface area (Å²) >= 11 is 7.86. The lowest BCUT2D eigenvalue weighted by molar-refractivity contribution is -0.139. The Hall–Kier alpha value is -3.27. The molecule has 0 aromatic heterocycles. The van der Waals surface area contributed by atoms with E-state index in [2.05, 4.69) is 20.1 Å². The number of thioether (sulfide) groups is 1. The van der Waals surface area contributed by atoms with E-state index in [9.17, 15) is 19.5 Å². The van der Waals surface area contributed by atoms with Crippen molar-refractivity contribution in [3.05, 3.63) is 78.9 Å². The predicted molar refractivity (Wildman–Crippen MR) is 190 cm³/mol. The molecule has 8 nitrogen and oxygen atoms in total. The summed E-state index contributed by atoms with van der Waals surface area (Å²) in [6.07, 6.45) is 7.85. The van der Waals surface area contributed by atoms with E-state index in [0.717, 1.165) is 25.0 Å². The average molecular weight is 680 g/mol. The zero-order valence-electron chi connectivity index (χ0n) is 27.4. The smallest absolute Gasteiger partial charge is 0.251 e. The van der Waals surface area contributed by atoms with Gasteiger partial charge in [-0.3, -0.25) is 14.4 Å². The highest BCUT2D eigenvalue weighted by molar-refractivity contribution is 8.02. The topological polar surface area (TPSA) is 90.4 Å². The highest BCUT2D eigenvalue weighted by atomic mass is 35.5. The minimum absolute atomic E-state index is 0.124. The van der Waals surface area contributed by atoms with Crippen LogP contribution >= 0.6 is 23.4 Å². The highest BCUT2D eigenvalue weighted by Crippen LogP contribution is 2.71. The van der Waals surface area contributed by atoms with Crippen molar-refractivity contribution in [1.82, 2.24) is 4.90 Å². The fourth-order valence-corrected chi connectivity index (χ4v) is 10.3. The number of benzene rings is 2. The average Bonchev–Trinajstić information content (AvgIpc) is 3.63. The van der Waals surface area contributed by atoms with Gasteiger partial charge in [-0.2, -0.15) is 0 Å². The summed E-state index contributed by atoms with van der Waals surface area (Å²) in [5.74, 6) is -0.956. The van der Waals surface area contributed by atoms with Crippen LogP contribution in [0.1, 0.15) is 52.4 Å². The van der Waals surface area contributed by atoms with Crippen molar-refractivity contribution in [2.24, 2.45) is 11.8 Å². The molecule has 3 aliphatic rings. The van der Waals surface area contributed by atoms with Crippen LogP contribution in [0, 0.1) is 11.8 Å². The number of unbranched alkanes of at least 4 members (excludes halogenated alkanes) is 3. The second kappa shape index (κ2) is 14.9. The maximum Gasteiger partial charge on any atom is 0.251 e. The quantitative estimate of drug-likeness (QED) is 0.161. The third kappa shape index (κ3) is 6.59. The molecule has 5 rings (SSSR count). The van der Waals surface area contributed by atoms with Gasteiger partial charge in [0.1, 0.15) is 11.8 Å². The van der Waals surface area contributed by atoms with Crippen molar-refractivity contribution >= 4 is 52.5 Å². The van der Waals surface area contributed by atoms with Crippen LogP contribution in [0.2, 0.25) is 5.02 Å². The minimum Gasteiger partial charge on any atom is -0.494 e. The molecule has 3 saturated heterocycles. The van der Waals surface area contributed by atoms with E-state index in [4.69, 9.17) is 16.3 Å². The first-order valence-corrected chi connectivity index (χ1v) is 17.8. The molecule has 2 aromatic rings. The lowest BCUT2D eigenvalue weighted by Gasteiger charge is -2.38. The van der Waals surface area contributed by atoms with Crippen LogP contribution in [0.4, 0.5) is 11.4 Å². The molecular formula is C37H46ClN3O5S. The lowest BCUT2D eigenvalue weighted by atomic mass is 9.66. The molecule has 1 spiro atoms. The SMILES string of the molecule is C=CCN(C(=O)C1N(CCCCCCO)C(=O)[C@@H]2[C@H](C(=O)N(CC=C)c3ccc(OCC)cc3)[C@]3(C)CCC12S3)c1ccc(Cl)cc1. The van der Waals surface area contributed by atoms with E-state index in [1.165, 1.54) is 0 Å². The van der Waals surface area contributed by atoms with Gasteiger partial charge in [-0.25, -0.2) is 0 Å². The largest absolute Gasteiger partial charge is 0.494 e. The first kappa shape index (κ1) is 35.0. The number of carbonyl (C=O) groups excluding carboxylic acids is 3. The number of likely N-dealkylation sites (tertiary alicyclic amines) is 1. The third-order valence-corrected chi connectivity index (χ3v) is 12.1. The summed E-state index contributed by atoms with van der Waals surface area (Å²) in [5, 5.41) is 9.84. The van der Waals surface area contributed by atoms with Crippen LogP contribution in [0.15, 0.2) is 73.8 Å². The molecule has 2 bridgehead atoms. The number of hydrogen-bond acceptors (Lipinski definition) is 6. The molecule has 0 aliphatic carbocycles. The maximum atomic E-state index is 14.8. The van der Waals surface area contributed by atoms with Crippen molar-refractivity contribution in [1.29, 1.82) is 0 Å². The van der Waals surface area contributed by atoms with E-state index in [1.807, 2.05) is 43.3 Å². The highest BCUT2D eigenvalue weighted by Gasteiger charge is 2.77. The molecule has 47 heavy (non-hydrogen) atoms. The third-order valence-electron chi connectivity index (χ3n) is 9.84. The Morgan fingerprint density at radius 2 is 1.57 bits per heavy atom. The number of ether oxygens (including phenoxy) is 1. The van der Waals surface area contributed by atoms with Crippen molar-refractivity contribution in [2.45, 2.75) is 67.9 Å². The zero-order valence-corrected chi connectivity index (χ0v) is 29.0. The molecule has 252 valence electrons. The van der Waals surface area contributed by atoms with Crippen molar-refractivity contribution in [2.75, 3.05) is 42.6 Å². The Morgan fingerprint density at radius 1 is 0.979 bits per heavy atom. The van der Waals surface area contributed by atoms with Gasteiger partial charge in [0.05, 0.1) is 23.2 Å². The molecule has 0 saturated carbocycles. The van der Waals surface area contributed by atoms with E-state index >= 15 is 0 Å². The van der Waals surface area contributed by atoms with Crippen LogP contribution in [0.25, 0.3) is 0 Å². The fourth-order valence-electron chi connectivity index (χ4n) is 7.80. The van der Waals surface area contributed by atoms with Gasteiger partial charge in [0.2, 0.25) is 11.8 Å². The summed E-state index contributed by atoms with van der Waals surface area (Å²) in [6.45, 7) is 13.5. The molecule has 2 aromatic carbocycles. The Labute approximate surface area is 287 Å². The molecule has 2 unspecified atom stereocenters. The summed E-state index contributed by atoms with van der Waals surface area (Å²) in [5.41, 5.74) is 1.39. The number of fused-ring (bicyclic) bond motifs is 1. The van der Waals surface area contributed by atoms with Crippen molar-refractivity contribution < 1.29 is 24.2 Å². The standard InChI is InChI=1S/C37H46ClN3O5S/c1-5-22-39(28-16-18-29(19-17-28)46-7-3)33(43)30-31-34(44)41(24-10-8-9-11-25-42)32(37(31)21-20-36(30,4)47-37)35(45)40(23-6-2)27-14-12-26(38)13-15-27/h5-6,12-19,30-32,42H,1-2,7-11,20-25H2,3-4H3/t30-,31+,32?,36+,37?/m1/s1. The van der Waals surface area contributed by atoms with Gasteiger partial charge < -0.3 is 24.5 Å². The number of hydrogen-bond donors (Lipinski definition) is 1. The predicted octanol–water partition coefficient (Wildman–Crippen LogP) is 6.51. The van der Waals surface area contributed by atoms with E-state index in [1.54, 1.807) is 50.7 Å². The Bertz CT molecular complexity index is 1470. The number of anilines is 2. The molecule has 3 aliphatic heterocycles. The number of carbonyl (C=O) groups is 3. The number of aliphatic hydroxyl groups excluding tert-OH is 1. The van der Waals surface area contributed by atoms with Crippen LogP contribution in [-0.4, -0.2) is 76.1 Å². The van der Waals surface area contributed by atoms with Crippen molar-refractivity contribution in [3.63, 3.8) is 0 Å². The first-order valence-electron chi connectivity index (χ1n) is 16.6. The first-order chi connectivity index (χ1) is 22.7. The van der Waals surface area contributed by atoms with Gasteiger partial charge in [0, 0.05) is 47.4 Å². The minimum atomic E-state index is -0.751. The lowest BCUT2D eigenvalue weighted by Crippen LogP contribution is -2.55. The van der Waals surface area contributed by atoms with Gasteiger partial charge >= 0.3 is 0 Å². The van der Waals surface area contributed by atoms with Gasteiger partial charge in [-0.05, 0) is 88.1 Å². The molecule has 3 amide bonds. The molecule has 3 fully saturated rings. The Balaban J connectivity index is 1.54. The molecular weight excluding hydrogens is 634 g/mol. The van der Waals surface area contributed by atoms with Gasteiger partial charge in [0.25, 0.3) is 5.91 Å². The second-order valence-corrected chi connectivity index (χ2v) is 15.1. The summed E-state index contributed by atoms with van der Waals surface area (Å²) in [4.78, 5) is 49.5. The van der Waals surface area contributed by atoms with E-state index < -0.39 is 27.4 Å². The van der Waals surface area contributed by atoms with Gasteiger partial charge in [-0.1, -0.05) is 36.6 Å². The van der Waals surface area contributed by atoms with Crippen LogP contribution in [0.3, 0.4) is 0 Å². The summed E-state index contributed by atoms with van der Waals surface area (Å²) < 4.78 is 4.36. The van der Waals surface area contributed by atoms with E-state index in [-0.39, 0.29) is 30.9 Å². The molecule has 1 N–H and O–H groups in total. The Kier molecular flexibility index (Phi) is 11.1. The summed E-state index contributed by atoms with van der Waals surface area (Å²) in [6, 6.07) is 13.8. The van der Waals surface area contributed by atoms with Crippen molar-refractivity contribution in [3.8, 4) is 5.75 Å². The Morgan fingerprint density at radius 3 is 2.17 bits per heavy atom. The number of amides is 3. The zero-order chi connectivity index (χ0) is 33.8. The molecule has 3 heterocycles. The second-order valence-electron chi connectivity index (χ2n) is 12.8. The van der Waals surface area contributed by atoms with Crippen LogP contribution in [-0.2, 0) is 14.4 Å². The number of rotatable bonds is 16.